The van der Waals surface area contributed by atoms with E-state index >= 15 is 0 Å². The zero-order chi connectivity index (χ0) is 10.6. The van der Waals surface area contributed by atoms with E-state index in [9.17, 15) is 5.11 Å². The zero-order valence-electron chi connectivity index (χ0n) is 8.82. The van der Waals surface area contributed by atoms with Crippen LogP contribution in [0.2, 0.25) is 0 Å². The molecule has 1 atom stereocenters. The van der Waals surface area contributed by atoms with Crippen LogP contribution < -0.4 is 5.32 Å². The molecule has 0 radical (unpaired) electrons. The number of hydrogen-bond donors (Lipinski definition) is 2. The van der Waals surface area contributed by atoms with Crippen molar-refractivity contribution in [1.82, 2.24) is 5.32 Å². The van der Waals surface area contributed by atoms with Crippen LogP contribution in [0, 0.1) is 0 Å². The van der Waals surface area contributed by atoms with Crippen molar-refractivity contribution in [3.05, 3.63) is 42.0 Å². The maximum Gasteiger partial charge on any atom is 0.0817 e. The van der Waals surface area contributed by atoms with Gasteiger partial charge in [0.1, 0.15) is 0 Å². The zero-order valence-corrected chi connectivity index (χ0v) is 8.82. The molecule has 2 heteroatoms. The molecule has 15 heavy (non-hydrogen) atoms. The second-order valence-corrected chi connectivity index (χ2v) is 4.17. The van der Waals surface area contributed by atoms with Crippen molar-refractivity contribution in [3.8, 4) is 0 Å². The minimum absolute atomic E-state index is 0.523. The second-order valence-electron chi connectivity index (χ2n) is 4.17. The molecule has 2 rings (SSSR count). The first-order chi connectivity index (χ1) is 7.29. The highest BCUT2D eigenvalue weighted by Crippen LogP contribution is 2.19. The summed E-state index contributed by atoms with van der Waals surface area (Å²) in [5.74, 6) is 0. The molecule has 1 heterocycles. The van der Waals surface area contributed by atoms with E-state index in [-0.39, 0.29) is 0 Å². The third-order valence-electron chi connectivity index (χ3n) is 2.83. The largest absolute Gasteiger partial charge is 0.388 e. The van der Waals surface area contributed by atoms with Gasteiger partial charge in [-0.05, 0) is 24.9 Å². The number of β-amino-alcohol motifs (C(OH)–C–C–N with tert-alkyl or cyclic N) is 1. The van der Waals surface area contributed by atoms with Gasteiger partial charge in [-0.2, -0.15) is 0 Å². The molecule has 1 fully saturated rings. The van der Waals surface area contributed by atoms with Crippen LogP contribution in [0.1, 0.15) is 18.4 Å². The van der Waals surface area contributed by atoms with Gasteiger partial charge in [0.15, 0.2) is 0 Å². The highest BCUT2D eigenvalue weighted by Gasteiger charge is 2.29. The van der Waals surface area contributed by atoms with Crippen molar-refractivity contribution < 1.29 is 5.11 Å². The Hall–Kier alpha value is -1.12. The molecule has 1 aromatic rings. The highest BCUT2D eigenvalue weighted by molar-refractivity contribution is 5.48. The van der Waals surface area contributed by atoms with Crippen LogP contribution in [0.5, 0.6) is 0 Å². The molecule has 0 spiro atoms. The minimum atomic E-state index is -0.523. The second kappa shape index (κ2) is 4.60. The van der Waals surface area contributed by atoms with Crippen molar-refractivity contribution in [2.24, 2.45) is 0 Å². The molecule has 1 aliphatic heterocycles. The monoisotopic (exact) mass is 203 g/mol. The SMILES string of the molecule is OC1(C/C=C/c2ccccc2)CCNC1. The lowest BCUT2D eigenvalue weighted by Gasteiger charge is -2.18. The van der Waals surface area contributed by atoms with Gasteiger partial charge in [0.2, 0.25) is 0 Å². The van der Waals surface area contributed by atoms with Gasteiger partial charge in [0.05, 0.1) is 5.60 Å². The molecular weight excluding hydrogens is 186 g/mol. The van der Waals surface area contributed by atoms with Gasteiger partial charge >= 0.3 is 0 Å². The summed E-state index contributed by atoms with van der Waals surface area (Å²) in [6.45, 7) is 1.64. The van der Waals surface area contributed by atoms with E-state index in [1.807, 2.05) is 18.2 Å². The molecule has 0 aliphatic carbocycles. The molecule has 1 aliphatic rings. The van der Waals surface area contributed by atoms with Crippen molar-refractivity contribution in [2.75, 3.05) is 13.1 Å². The van der Waals surface area contributed by atoms with Crippen molar-refractivity contribution in [3.63, 3.8) is 0 Å². The van der Waals surface area contributed by atoms with Gasteiger partial charge in [0, 0.05) is 6.54 Å². The summed E-state index contributed by atoms with van der Waals surface area (Å²) in [7, 11) is 0. The first-order valence-corrected chi connectivity index (χ1v) is 5.43. The standard InChI is InChI=1S/C13H17NO/c15-13(9-10-14-11-13)8-4-7-12-5-2-1-3-6-12/h1-7,14-15H,8-11H2/b7-4+. The lowest BCUT2D eigenvalue weighted by Crippen LogP contribution is -2.30. The van der Waals surface area contributed by atoms with Gasteiger partial charge in [-0.15, -0.1) is 0 Å². The molecule has 80 valence electrons. The summed E-state index contributed by atoms with van der Waals surface area (Å²) in [5, 5.41) is 13.2. The van der Waals surface area contributed by atoms with Gasteiger partial charge in [-0.25, -0.2) is 0 Å². The number of rotatable bonds is 3. The summed E-state index contributed by atoms with van der Waals surface area (Å²) in [4.78, 5) is 0. The van der Waals surface area contributed by atoms with Crippen LogP contribution >= 0.6 is 0 Å². The lowest BCUT2D eigenvalue weighted by molar-refractivity contribution is 0.0649. The summed E-state index contributed by atoms with van der Waals surface area (Å²) in [6, 6.07) is 10.2. The van der Waals surface area contributed by atoms with Crippen molar-refractivity contribution in [2.45, 2.75) is 18.4 Å². The molecule has 0 aromatic heterocycles. The predicted molar refractivity (Wildman–Crippen MR) is 62.5 cm³/mol. The van der Waals surface area contributed by atoms with E-state index in [2.05, 4.69) is 29.6 Å². The molecule has 0 amide bonds. The third-order valence-corrected chi connectivity index (χ3v) is 2.83. The molecule has 2 nitrogen and oxygen atoms in total. The summed E-state index contributed by atoms with van der Waals surface area (Å²) < 4.78 is 0. The highest BCUT2D eigenvalue weighted by atomic mass is 16.3. The molecule has 1 aromatic carbocycles. The van der Waals surface area contributed by atoms with Gasteiger partial charge in [0.25, 0.3) is 0 Å². The summed E-state index contributed by atoms with van der Waals surface area (Å²) >= 11 is 0. The van der Waals surface area contributed by atoms with Crippen molar-refractivity contribution in [1.29, 1.82) is 0 Å². The Morgan fingerprint density at radius 1 is 1.33 bits per heavy atom. The summed E-state index contributed by atoms with van der Waals surface area (Å²) in [6.07, 6.45) is 5.71. The molecule has 1 saturated heterocycles. The molecule has 0 bridgehead atoms. The van der Waals surface area contributed by atoms with E-state index in [1.54, 1.807) is 0 Å². The predicted octanol–water partition coefficient (Wildman–Crippen LogP) is 1.81. The van der Waals surface area contributed by atoms with E-state index in [4.69, 9.17) is 0 Å². The van der Waals surface area contributed by atoms with Gasteiger partial charge in [-0.1, -0.05) is 42.5 Å². The molecule has 1 unspecified atom stereocenters. The van der Waals surface area contributed by atoms with E-state index in [0.717, 1.165) is 19.4 Å². The fraction of sp³-hybridized carbons (Fsp3) is 0.385. The van der Waals surface area contributed by atoms with Crippen molar-refractivity contribution >= 4 is 6.08 Å². The number of benzene rings is 1. The lowest BCUT2D eigenvalue weighted by atomic mass is 9.98. The van der Waals surface area contributed by atoms with E-state index < -0.39 is 5.60 Å². The Labute approximate surface area is 90.6 Å². The fourth-order valence-electron chi connectivity index (χ4n) is 1.88. The Bertz CT molecular complexity index is 326. The average molecular weight is 203 g/mol. The number of hydrogen-bond acceptors (Lipinski definition) is 2. The van der Waals surface area contributed by atoms with Crippen LogP contribution in [0.25, 0.3) is 6.08 Å². The maximum atomic E-state index is 10.1. The van der Waals surface area contributed by atoms with E-state index in [0.29, 0.717) is 6.54 Å². The Kier molecular flexibility index (Phi) is 3.19. The molecular formula is C13H17NO. The number of aliphatic hydroxyl groups is 1. The number of nitrogens with one attached hydrogen (secondary N) is 1. The Morgan fingerprint density at radius 2 is 2.13 bits per heavy atom. The van der Waals surface area contributed by atoms with Gasteiger partial charge < -0.3 is 10.4 Å². The molecule has 2 N–H and O–H groups in total. The first-order valence-electron chi connectivity index (χ1n) is 5.43. The average Bonchev–Trinajstić information content (AvgIpc) is 2.67. The van der Waals surface area contributed by atoms with Crippen LogP contribution in [0.3, 0.4) is 0 Å². The van der Waals surface area contributed by atoms with Crippen LogP contribution in [0.15, 0.2) is 36.4 Å². The maximum absolute atomic E-state index is 10.1. The smallest absolute Gasteiger partial charge is 0.0817 e. The van der Waals surface area contributed by atoms with Gasteiger partial charge in [-0.3, -0.25) is 0 Å². The topological polar surface area (TPSA) is 32.3 Å². The third kappa shape index (κ3) is 2.91. The van der Waals surface area contributed by atoms with E-state index in [1.165, 1.54) is 5.56 Å². The van der Waals surface area contributed by atoms with Crippen LogP contribution in [0.4, 0.5) is 0 Å². The van der Waals surface area contributed by atoms with Crippen LogP contribution in [-0.4, -0.2) is 23.8 Å². The summed E-state index contributed by atoms with van der Waals surface area (Å²) in [5.41, 5.74) is 0.665. The Morgan fingerprint density at radius 3 is 2.80 bits per heavy atom. The quantitative estimate of drug-likeness (QED) is 0.785. The first kappa shape index (κ1) is 10.4. The fourth-order valence-corrected chi connectivity index (χ4v) is 1.88. The van der Waals surface area contributed by atoms with Crippen LogP contribution in [-0.2, 0) is 0 Å². The molecule has 0 saturated carbocycles. The normalized spacial score (nSPS) is 26.2. The Balaban J connectivity index is 1.90. The minimum Gasteiger partial charge on any atom is -0.388 e.